The summed E-state index contributed by atoms with van der Waals surface area (Å²) >= 11 is 3.44. The second-order valence-electron chi connectivity index (χ2n) is 8.02. The number of likely N-dealkylation sites (tertiary alicyclic amines) is 1. The molecule has 2 amide bonds. The van der Waals surface area contributed by atoms with Crippen LogP contribution in [0.15, 0.2) is 53.0 Å². The Bertz CT molecular complexity index is 965. The lowest BCUT2D eigenvalue weighted by Gasteiger charge is -2.29. The van der Waals surface area contributed by atoms with Crippen molar-refractivity contribution in [3.63, 3.8) is 0 Å². The Morgan fingerprint density at radius 1 is 1.00 bits per heavy atom. The second-order valence-corrected chi connectivity index (χ2v) is 8.94. The fourth-order valence-electron chi connectivity index (χ4n) is 5.25. The van der Waals surface area contributed by atoms with Gasteiger partial charge in [-0.1, -0.05) is 40.2 Å². The average Bonchev–Trinajstić information content (AvgIpc) is 3.31. The number of aliphatic hydroxyl groups excluding tert-OH is 1. The van der Waals surface area contributed by atoms with Gasteiger partial charge in [-0.2, -0.15) is 0 Å². The van der Waals surface area contributed by atoms with Gasteiger partial charge in [-0.15, -0.1) is 0 Å². The topological polar surface area (TPSA) is 60.9 Å². The molecule has 0 saturated carbocycles. The third-order valence-electron chi connectivity index (χ3n) is 6.48. The fourth-order valence-corrected chi connectivity index (χ4v) is 5.52. The summed E-state index contributed by atoms with van der Waals surface area (Å²) in [5.41, 5.74) is 1.68. The minimum absolute atomic E-state index is 0.126. The molecule has 3 heterocycles. The second kappa shape index (κ2) is 7.00. The van der Waals surface area contributed by atoms with Crippen molar-refractivity contribution in [2.24, 2.45) is 11.8 Å². The molecular formula is C22H20BrFN2O3. The predicted octanol–water partition coefficient (Wildman–Crippen LogP) is 2.88. The smallest absolute Gasteiger partial charge is 0.235 e. The number of rotatable bonds is 3. The van der Waals surface area contributed by atoms with E-state index in [0.717, 1.165) is 10.0 Å². The van der Waals surface area contributed by atoms with E-state index in [-0.39, 0.29) is 36.3 Å². The Morgan fingerprint density at radius 2 is 1.66 bits per heavy atom. The standard InChI is InChI=1S/C22H20BrFN2O3/c23-14-5-3-13(4-6-14)19-17-18(20-16(27)9-10-25(19)20)22(29)26(21(17)28)11-12-1-7-15(24)8-2-12/h1-8,16-20,27H,9-11H2/t16-,17-,18+,19-,20-/m0/s1. The highest BCUT2D eigenvalue weighted by molar-refractivity contribution is 9.10. The van der Waals surface area contributed by atoms with Crippen molar-refractivity contribution in [1.29, 1.82) is 0 Å². The van der Waals surface area contributed by atoms with Gasteiger partial charge >= 0.3 is 0 Å². The van der Waals surface area contributed by atoms with Crippen LogP contribution in [0, 0.1) is 17.7 Å². The zero-order valence-electron chi connectivity index (χ0n) is 15.5. The Labute approximate surface area is 176 Å². The Morgan fingerprint density at radius 3 is 2.34 bits per heavy atom. The molecule has 1 N–H and O–H groups in total. The monoisotopic (exact) mass is 458 g/mol. The molecule has 0 unspecified atom stereocenters. The minimum atomic E-state index is -0.620. The Balaban J connectivity index is 1.51. The van der Waals surface area contributed by atoms with Gasteiger partial charge in [0, 0.05) is 23.1 Å². The number of amides is 2. The first kappa shape index (κ1) is 18.9. The average molecular weight is 459 g/mol. The number of nitrogens with zero attached hydrogens (tertiary/aromatic N) is 2. The quantitative estimate of drug-likeness (QED) is 0.718. The van der Waals surface area contributed by atoms with Crippen LogP contribution in [0.3, 0.4) is 0 Å². The van der Waals surface area contributed by atoms with Gasteiger partial charge in [0.2, 0.25) is 11.8 Å². The maximum absolute atomic E-state index is 13.4. The molecule has 5 rings (SSSR count). The highest BCUT2D eigenvalue weighted by atomic mass is 79.9. The van der Waals surface area contributed by atoms with Gasteiger partial charge in [0.05, 0.1) is 24.5 Å². The lowest BCUT2D eigenvalue weighted by atomic mass is 9.84. The van der Waals surface area contributed by atoms with Crippen molar-refractivity contribution in [2.75, 3.05) is 6.54 Å². The number of halogens is 2. The van der Waals surface area contributed by atoms with Crippen LogP contribution in [0.2, 0.25) is 0 Å². The van der Waals surface area contributed by atoms with E-state index in [1.54, 1.807) is 12.1 Å². The SMILES string of the molecule is O=C1[C@@H]2[C@H](C(=O)N1Cc1ccc(F)cc1)[C@H](c1ccc(Br)cc1)N1CC[C@H](O)[C@@H]21. The maximum Gasteiger partial charge on any atom is 0.235 e. The van der Waals surface area contributed by atoms with E-state index in [2.05, 4.69) is 20.8 Å². The van der Waals surface area contributed by atoms with Crippen LogP contribution in [0.25, 0.3) is 0 Å². The lowest BCUT2D eigenvalue weighted by molar-refractivity contribution is -0.142. The van der Waals surface area contributed by atoms with Crippen molar-refractivity contribution in [3.05, 3.63) is 69.9 Å². The lowest BCUT2D eigenvalue weighted by Crippen LogP contribution is -2.41. The van der Waals surface area contributed by atoms with Gasteiger partial charge in [-0.05, 0) is 41.8 Å². The molecule has 5 atom stereocenters. The van der Waals surface area contributed by atoms with E-state index >= 15 is 0 Å². The third kappa shape index (κ3) is 2.95. The molecule has 3 aliphatic heterocycles. The number of benzene rings is 2. The van der Waals surface area contributed by atoms with E-state index < -0.39 is 17.9 Å². The summed E-state index contributed by atoms with van der Waals surface area (Å²) in [4.78, 5) is 30.1. The molecule has 150 valence electrons. The normalized spacial score (nSPS) is 31.4. The van der Waals surface area contributed by atoms with Gasteiger partial charge in [-0.25, -0.2) is 4.39 Å². The van der Waals surface area contributed by atoms with Gasteiger partial charge in [-0.3, -0.25) is 19.4 Å². The van der Waals surface area contributed by atoms with E-state index in [1.807, 2.05) is 24.3 Å². The number of fused-ring (bicyclic) bond motifs is 3. The summed E-state index contributed by atoms with van der Waals surface area (Å²) in [6, 6.07) is 13.1. The van der Waals surface area contributed by atoms with Crippen LogP contribution >= 0.6 is 15.9 Å². The summed E-state index contributed by atoms with van der Waals surface area (Å²) in [5.74, 6) is -1.86. The van der Waals surface area contributed by atoms with Crippen LogP contribution in [0.5, 0.6) is 0 Å². The zero-order chi connectivity index (χ0) is 20.3. The summed E-state index contributed by atoms with van der Waals surface area (Å²) < 4.78 is 14.2. The number of hydrogen-bond acceptors (Lipinski definition) is 4. The third-order valence-corrected chi connectivity index (χ3v) is 7.01. The first-order valence-corrected chi connectivity index (χ1v) is 10.5. The molecule has 3 fully saturated rings. The highest BCUT2D eigenvalue weighted by Gasteiger charge is 2.64. The Hall–Kier alpha value is -2.09. The minimum Gasteiger partial charge on any atom is -0.391 e. The maximum atomic E-state index is 13.4. The van der Waals surface area contributed by atoms with E-state index in [4.69, 9.17) is 0 Å². The van der Waals surface area contributed by atoms with E-state index in [1.165, 1.54) is 17.0 Å². The number of carbonyl (C=O) groups excluding carboxylic acids is 2. The fraction of sp³-hybridized carbons (Fsp3) is 0.364. The van der Waals surface area contributed by atoms with Crippen LogP contribution in [0.1, 0.15) is 23.6 Å². The van der Waals surface area contributed by atoms with E-state index in [0.29, 0.717) is 18.5 Å². The van der Waals surface area contributed by atoms with Crippen molar-refractivity contribution in [1.82, 2.24) is 9.80 Å². The molecule has 3 saturated heterocycles. The van der Waals surface area contributed by atoms with Crippen LogP contribution in [-0.2, 0) is 16.1 Å². The molecule has 0 bridgehead atoms. The van der Waals surface area contributed by atoms with Gasteiger partial charge in [0.25, 0.3) is 0 Å². The van der Waals surface area contributed by atoms with Crippen molar-refractivity contribution in [2.45, 2.75) is 31.2 Å². The first-order valence-electron chi connectivity index (χ1n) is 9.74. The number of carbonyl (C=O) groups is 2. The van der Waals surface area contributed by atoms with Gasteiger partial charge in [0.15, 0.2) is 0 Å². The molecule has 0 aromatic heterocycles. The molecule has 0 aliphatic carbocycles. The summed E-state index contributed by atoms with van der Waals surface area (Å²) in [5, 5.41) is 10.6. The van der Waals surface area contributed by atoms with Crippen LogP contribution in [-0.4, -0.2) is 45.4 Å². The first-order chi connectivity index (χ1) is 14.0. The molecule has 0 spiro atoms. The summed E-state index contributed by atoms with van der Waals surface area (Å²) in [7, 11) is 0. The van der Waals surface area contributed by atoms with E-state index in [9.17, 15) is 19.1 Å². The number of hydrogen-bond donors (Lipinski definition) is 1. The van der Waals surface area contributed by atoms with Crippen LogP contribution in [0.4, 0.5) is 4.39 Å². The molecule has 7 heteroatoms. The van der Waals surface area contributed by atoms with Crippen molar-refractivity contribution in [3.8, 4) is 0 Å². The molecule has 3 aliphatic rings. The predicted molar refractivity (Wildman–Crippen MR) is 107 cm³/mol. The van der Waals surface area contributed by atoms with Gasteiger partial charge in [0.1, 0.15) is 5.82 Å². The number of aliphatic hydroxyl groups is 1. The van der Waals surface area contributed by atoms with Crippen molar-refractivity contribution >= 4 is 27.7 Å². The summed E-state index contributed by atoms with van der Waals surface area (Å²) in [6.07, 6.45) is -0.0224. The zero-order valence-corrected chi connectivity index (χ0v) is 17.1. The van der Waals surface area contributed by atoms with Gasteiger partial charge < -0.3 is 5.11 Å². The molecule has 2 aromatic rings. The molecular weight excluding hydrogens is 439 g/mol. The van der Waals surface area contributed by atoms with Crippen molar-refractivity contribution < 1.29 is 19.1 Å². The molecule has 5 nitrogen and oxygen atoms in total. The Kier molecular flexibility index (Phi) is 4.57. The largest absolute Gasteiger partial charge is 0.391 e. The molecule has 2 aromatic carbocycles. The highest BCUT2D eigenvalue weighted by Crippen LogP contribution is 2.53. The number of imide groups is 1. The molecule has 0 radical (unpaired) electrons. The summed E-state index contributed by atoms with van der Waals surface area (Å²) in [6.45, 7) is 0.791. The molecule has 29 heavy (non-hydrogen) atoms. The van der Waals surface area contributed by atoms with Crippen LogP contribution < -0.4 is 0 Å².